The second kappa shape index (κ2) is 8.87. The third kappa shape index (κ3) is 4.59. The molecule has 1 aliphatic carbocycles. The van der Waals surface area contributed by atoms with Crippen LogP contribution in [0.5, 0.6) is 0 Å². The van der Waals surface area contributed by atoms with Gasteiger partial charge in [-0.25, -0.2) is 19.0 Å². The van der Waals surface area contributed by atoms with Crippen LogP contribution in [-0.2, 0) is 16.0 Å². The molecule has 1 N–H and O–H groups in total. The van der Waals surface area contributed by atoms with E-state index in [0.29, 0.717) is 29.6 Å². The van der Waals surface area contributed by atoms with Crippen LogP contribution in [0.15, 0.2) is 35.1 Å². The quantitative estimate of drug-likeness (QED) is 0.261. The second-order valence-electron chi connectivity index (χ2n) is 7.94. The van der Waals surface area contributed by atoms with Crippen LogP contribution >= 0.6 is 0 Å². The number of aromatic nitrogens is 2. The zero-order chi connectivity index (χ0) is 25.5. The van der Waals surface area contributed by atoms with Crippen LogP contribution in [0.25, 0.3) is 10.9 Å². The van der Waals surface area contributed by atoms with Gasteiger partial charge >= 0.3 is 18.1 Å². The lowest BCUT2D eigenvalue weighted by atomic mass is 10.0. The van der Waals surface area contributed by atoms with Crippen LogP contribution in [0.2, 0.25) is 0 Å². The normalized spacial score (nSPS) is 14.9. The maximum Gasteiger partial charge on any atom is 0.491 e. The number of aromatic amines is 1. The van der Waals surface area contributed by atoms with Crippen LogP contribution in [0.4, 0.5) is 23.2 Å². The van der Waals surface area contributed by atoms with Crippen molar-refractivity contribution < 1.29 is 31.9 Å². The summed E-state index contributed by atoms with van der Waals surface area (Å²) < 4.78 is 55.4. The highest BCUT2D eigenvalue weighted by Crippen LogP contribution is 2.40. The number of terminal acetylenes is 1. The van der Waals surface area contributed by atoms with Gasteiger partial charge in [-0.05, 0) is 61.2 Å². The van der Waals surface area contributed by atoms with Crippen molar-refractivity contribution in [3.05, 3.63) is 69.0 Å². The molecule has 4 rings (SSSR count). The number of ether oxygens (including phenoxy) is 1. The zero-order valence-electron chi connectivity index (χ0n) is 18.2. The summed E-state index contributed by atoms with van der Waals surface area (Å²) in [6, 6.07) is 6.37. The number of alkyl halides is 3. The largest absolute Gasteiger partial charge is 0.491 e. The molecular weight excluding hydrogens is 470 g/mol. The van der Waals surface area contributed by atoms with Gasteiger partial charge in [-0.15, -0.1) is 6.42 Å². The standard InChI is InChI=1S/C24H17F4N3O4/c1-3-8-31(14-5-6-15(18(25)10-14)22(33)35-23(34)24(26,27)28)20-7-4-13-9-19-17(11-16(13)20)21(32)30-12(2)29-19/h1,5-6,9-11,20H,4,7-8H2,2H3,(H,29,30,32)/t20-/m1/s1. The Morgan fingerprint density at radius 1 is 1.29 bits per heavy atom. The molecule has 3 aromatic rings. The Bertz CT molecular complexity index is 1460. The number of carbonyl (C=O) groups excluding carboxylic acids is 2. The van der Waals surface area contributed by atoms with E-state index in [2.05, 4.69) is 20.6 Å². The molecule has 0 aliphatic heterocycles. The lowest BCUT2D eigenvalue weighted by molar-refractivity contribution is -0.193. The molecule has 0 bridgehead atoms. The first-order chi connectivity index (χ1) is 16.5. The fourth-order valence-electron chi connectivity index (χ4n) is 4.19. The van der Waals surface area contributed by atoms with Crippen molar-refractivity contribution in [3.8, 4) is 12.3 Å². The molecule has 0 saturated carbocycles. The molecule has 11 heteroatoms. The predicted molar refractivity (Wildman–Crippen MR) is 117 cm³/mol. The Morgan fingerprint density at radius 3 is 2.69 bits per heavy atom. The van der Waals surface area contributed by atoms with E-state index in [0.717, 1.165) is 23.3 Å². The minimum absolute atomic E-state index is 0.0421. The minimum atomic E-state index is -5.40. The Kier molecular flexibility index (Phi) is 6.06. The lowest BCUT2D eigenvalue weighted by Gasteiger charge is -2.30. The van der Waals surface area contributed by atoms with E-state index in [1.165, 1.54) is 6.07 Å². The van der Waals surface area contributed by atoms with Crippen molar-refractivity contribution in [1.29, 1.82) is 0 Å². The maximum atomic E-state index is 14.7. The van der Waals surface area contributed by atoms with Crippen LogP contribution in [0.3, 0.4) is 0 Å². The second-order valence-corrected chi connectivity index (χ2v) is 7.94. The summed E-state index contributed by atoms with van der Waals surface area (Å²) in [6.45, 7) is 1.72. The van der Waals surface area contributed by atoms with Gasteiger partial charge in [-0.2, -0.15) is 13.2 Å². The maximum absolute atomic E-state index is 14.7. The molecule has 0 saturated heterocycles. The minimum Gasteiger partial charge on any atom is -0.383 e. The van der Waals surface area contributed by atoms with Crippen LogP contribution in [0.1, 0.15) is 39.8 Å². The Morgan fingerprint density at radius 2 is 2.03 bits per heavy atom. The van der Waals surface area contributed by atoms with E-state index in [1.54, 1.807) is 17.9 Å². The average Bonchev–Trinajstić information content (AvgIpc) is 3.17. The smallest absolute Gasteiger partial charge is 0.383 e. The molecule has 0 fully saturated rings. The van der Waals surface area contributed by atoms with Gasteiger partial charge in [-0.3, -0.25) is 4.79 Å². The van der Waals surface area contributed by atoms with Crippen LogP contribution in [0, 0.1) is 25.1 Å². The van der Waals surface area contributed by atoms with Crippen molar-refractivity contribution in [2.45, 2.75) is 32.0 Å². The van der Waals surface area contributed by atoms with Crippen LogP contribution < -0.4 is 10.5 Å². The highest BCUT2D eigenvalue weighted by Gasteiger charge is 2.43. The van der Waals surface area contributed by atoms with Gasteiger partial charge in [0, 0.05) is 5.69 Å². The number of hydrogen-bond acceptors (Lipinski definition) is 6. The molecule has 0 amide bonds. The number of nitrogens with one attached hydrogen (secondary N) is 1. The third-order valence-electron chi connectivity index (χ3n) is 5.69. The summed E-state index contributed by atoms with van der Waals surface area (Å²) in [7, 11) is 0. The fraction of sp³-hybridized carbons (Fsp3) is 0.250. The monoisotopic (exact) mass is 487 g/mol. The van der Waals surface area contributed by atoms with Gasteiger partial charge < -0.3 is 14.6 Å². The number of rotatable bonds is 4. The van der Waals surface area contributed by atoms with Crippen molar-refractivity contribution in [3.63, 3.8) is 0 Å². The predicted octanol–water partition coefficient (Wildman–Crippen LogP) is 3.74. The van der Waals surface area contributed by atoms with E-state index < -0.39 is 29.5 Å². The third-order valence-corrected chi connectivity index (χ3v) is 5.69. The number of fused-ring (bicyclic) bond motifs is 2. The van der Waals surface area contributed by atoms with Crippen molar-refractivity contribution >= 4 is 28.5 Å². The highest BCUT2D eigenvalue weighted by atomic mass is 19.4. The number of aryl methyl sites for hydroxylation is 2. The molecule has 2 aromatic carbocycles. The molecule has 1 aromatic heterocycles. The molecule has 1 aliphatic rings. The molecule has 1 heterocycles. The SMILES string of the molecule is C#CCN(c1ccc(C(=O)OC(=O)C(F)(F)F)c(F)c1)[C@@H]1CCc2cc3nc(C)[nH]c(=O)c3cc21. The molecule has 0 spiro atoms. The molecular formula is C24H17F4N3O4. The average molecular weight is 487 g/mol. The van der Waals surface area contributed by atoms with Crippen molar-refractivity contribution in [2.24, 2.45) is 0 Å². The number of benzene rings is 2. The number of hydrogen-bond donors (Lipinski definition) is 1. The summed E-state index contributed by atoms with van der Waals surface area (Å²) in [5.74, 6) is -2.71. The van der Waals surface area contributed by atoms with E-state index >= 15 is 0 Å². The van der Waals surface area contributed by atoms with Gasteiger partial charge in [0.05, 0.1) is 29.1 Å². The van der Waals surface area contributed by atoms with E-state index in [-0.39, 0.29) is 23.8 Å². The molecule has 7 nitrogen and oxygen atoms in total. The zero-order valence-corrected chi connectivity index (χ0v) is 18.2. The van der Waals surface area contributed by atoms with Crippen LogP contribution in [-0.4, -0.2) is 34.6 Å². The van der Waals surface area contributed by atoms with E-state index in [4.69, 9.17) is 6.42 Å². The molecule has 0 radical (unpaired) electrons. The summed E-state index contributed by atoms with van der Waals surface area (Å²) in [5, 5.41) is 0.389. The molecule has 180 valence electrons. The first-order valence-electron chi connectivity index (χ1n) is 10.4. The van der Waals surface area contributed by atoms with Crippen molar-refractivity contribution in [1.82, 2.24) is 9.97 Å². The van der Waals surface area contributed by atoms with E-state index in [9.17, 15) is 31.9 Å². The summed E-state index contributed by atoms with van der Waals surface area (Å²) in [6.07, 6.45) is 1.37. The summed E-state index contributed by atoms with van der Waals surface area (Å²) >= 11 is 0. The number of esters is 2. The molecule has 0 unspecified atom stereocenters. The first-order valence-corrected chi connectivity index (χ1v) is 10.4. The first kappa shape index (κ1) is 23.9. The summed E-state index contributed by atoms with van der Waals surface area (Å²) in [4.78, 5) is 43.9. The fourth-order valence-corrected chi connectivity index (χ4v) is 4.19. The molecule has 35 heavy (non-hydrogen) atoms. The van der Waals surface area contributed by atoms with Gasteiger partial charge in [0.15, 0.2) is 0 Å². The summed E-state index contributed by atoms with van der Waals surface area (Å²) in [5.41, 5.74) is 1.44. The van der Waals surface area contributed by atoms with Gasteiger partial charge in [0.1, 0.15) is 11.6 Å². The van der Waals surface area contributed by atoms with Gasteiger partial charge in [0.25, 0.3) is 5.56 Å². The number of carbonyl (C=O) groups is 2. The van der Waals surface area contributed by atoms with Crippen molar-refractivity contribution in [2.75, 3.05) is 11.4 Å². The molecule has 1 atom stereocenters. The topological polar surface area (TPSA) is 92.4 Å². The Hall–Kier alpha value is -4.20. The lowest BCUT2D eigenvalue weighted by Crippen LogP contribution is -2.29. The number of halogens is 4. The number of H-pyrrole nitrogens is 1. The number of nitrogens with zero attached hydrogens (tertiary/aromatic N) is 2. The number of anilines is 1. The van der Waals surface area contributed by atoms with Gasteiger partial charge in [0.2, 0.25) is 0 Å². The highest BCUT2D eigenvalue weighted by molar-refractivity contribution is 5.98. The Balaban J connectivity index is 1.68. The van der Waals surface area contributed by atoms with E-state index in [1.807, 2.05) is 6.07 Å². The Labute approximate surface area is 195 Å². The van der Waals surface area contributed by atoms with Gasteiger partial charge in [-0.1, -0.05) is 5.92 Å².